The number of carbonyl (C=O) groups excluding carboxylic acids is 2. The van der Waals surface area contributed by atoms with E-state index in [0.717, 1.165) is 36.3 Å². The molecule has 0 spiro atoms. The molecule has 1 aromatic carbocycles. The van der Waals surface area contributed by atoms with Crippen molar-refractivity contribution in [3.8, 4) is 0 Å². The first-order chi connectivity index (χ1) is 13.1. The summed E-state index contributed by atoms with van der Waals surface area (Å²) in [5.41, 5.74) is 1.17. The van der Waals surface area contributed by atoms with Gasteiger partial charge in [0.2, 0.25) is 5.91 Å². The molecular formula is C20H22FN3O2S. The summed E-state index contributed by atoms with van der Waals surface area (Å²) >= 11 is 1.42. The first kappa shape index (κ1) is 18.1. The van der Waals surface area contributed by atoms with Gasteiger partial charge in [-0.3, -0.25) is 14.9 Å². The monoisotopic (exact) mass is 387 g/mol. The van der Waals surface area contributed by atoms with Gasteiger partial charge < -0.3 is 5.32 Å². The average Bonchev–Trinajstić information content (AvgIpc) is 3.23. The molecule has 1 aromatic heterocycles. The highest BCUT2D eigenvalue weighted by Crippen LogP contribution is 2.38. The molecule has 0 radical (unpaired) electrons. The first-order valence-electron chi connectivity index (χ1n) is 9.47. The molecule has 1 saturated carbocycles. The zero-order valence-corrected chi connectivity index (χ0v) is 15.8. The summed E-state index contributed by atoms with van der Waals surface area (Å²) in [5, 5.41) is 6.44. The molecule has 7 heteroatoms. The Labute approximate surface area is 161 Å². The van der Waals surface area contributed by atoms with E-state index in [1.807, 2.05) is 0 Å². The minimum Gasteiger partial charge on any atom is -0.353 e. The van der Waals surface area contributed by atoms with Crippen LogP contribution in [0.2, 0.25) is 0 Å². The Morgan fingerprint density at radius 1 is 1.07 bits per heavy atom. The van der Waals surface area contributed by atoms with Crippen LogP contribution < -0.4 is 10.6 Å². The van der Waals surface area contributed by atoms with E-state index in [4.69, 9.17) is 0 Å². The molecule has 0 aliphatic heterocycles. The van der Waals surface area contributed by atoms with Crippen LogP contribution in [0.1, 0.15) is 65.4 Å². The highest BCUT2D eigenvalue weighted by Gasteiger charge is 2.33. The minimum atomic E-state index is -0.383. The largest absolute Gasteiger partial charge is 0.353 e. The van der Waals surface area contributed by atoms with Crippen molar-refractivity contribution in [2.24, 2.45) is 0 Å². The number of hydrogen-bond donors (Lipinski definition) is 2. The van der Waals surface area contributed by atoms with E-state index in [0.29, 0.717) is 10.7 Å². The van der Waals surface area contributed by atoms with Crippen LogP contribution >= 0.6 is 11.3 Å². The number of nitrogens with one attached hydrogen (secondary N) is 2. The van der Waals surface area contributed by atoms with Crippen molar-refractivity contribution in [1.82, 2.24) is 10.3 Å². The van der Waals surface area contributed by atoms with Crippen LogP contribution in [0, 0.1) is 5.82 Å². The van der Waals surface area contributed by atoms with Gasteiger partial charge in [0.25, 0.3) is 5.91 Å². The van der Waals surface area contributed by atoms with Crippen molar-refractivity contribution in [2.75, 3.05) is 5.32 Å². The number of benzene rings is 1. The summed E-state index contributed by atoms with van der Waals surface area (Å²) in [5.74, 6) is -0.880. The van der Waals surface area contributed by atoms with Crippen LogP contribution in [-0.4, -0.2) is 22.8 Å². The molecule has 4 rings (SSSR count). The van der Waals surface area contributed by atoms with E-state index in [1.54, 1.807) is 0 Å². The maximum absolute atomic E-state index is 13.0. The topological polar surface area (TPSA) is 71.1 Å². The molecule has 0 bridgehead atoms. The van der Waals surface area contributed by atoms with Gasteiger partial charge in [-0.1, -0.05) is 19.3 Å². The lowest BCUT2D eigenvalue weighted by atomic mass is 9.94. The predicted molar refractivity (Wildman–Crippen MR) is 103 cm³/mol. The minimum absolute atomic E-state index is 0.0577. The lowest BCUT2D eigenvalue weighted by Gasteiger charge is -2.24. The summed E-state index contributed by atoms with van der Waals surface area (Å²) in [7, 11) is 0. The van der Waals surface area contributed by atoms with Gasteiger partial charge in [-0.05, 0) is 49.9 Å². The molecule has 2 amide bonds. The number of carbonyl (C=O) groups is 2. The number of fused-ring (bicyclic) bond motifs is 1. The van der Waals surface area contributed by atoms with Crippen molar-refractivity contribution in [3.05, 3.63) is 46.2 Å². The number of anilines is 1. The Balaban J connectivity index is 1.42. The molecule has 1 fully saturated rings. The fourth-order valence-corrected chi connectivity index (χ4v) is 4.89. The number of aryl methyl sites for hydroxylation is 1. The molecule has 5 nitrogen and oxygen atoms in total. The zero-order valence-electron chi connectivity index (χ0n) is 15.0. The number of hydrogen-bond acceptors (Lipinski definition) is 4. The average molecular weight is 387 g/mol. The van der Waals surface area contributed by atoms with Crippen LogP contribution in [-0.2, 0) is 11.2 Å². The van der Waals surface area contributed by atoms with Gasteiger partial charge in [-0.25, -0.2) is 9.37 Å². The highest BCUT2D eigenvalue weighted by atomic mass is 32.1. The lowest BCUT2D eigenvalue weighted by Crippen LogP contribution is -2.38. The highest BCUT2D eigenvalue weighted by molar-refractivity contribution is 7.16. The fourth-order valence-electron chi connectivity index (χ4n) is 3.86. The molecule has 1 unspecified atom stereocenters. The lowest BCUT2D eigenvalue weighted by molar-refractivity contribution is -0.123. The van der Waals surface area contributed by atoms with Crippen molar-refractivity contribution < 1.29 is 14.0 Å². The van der Waals surface area contributed by atoms with Crippen molar-refractivity contribution >= 4 is 28.3 Å². The maximum Gasteiger partial charge on any atom is 0.257 e. The Morgan fingerprint density at radius 3 is 2.56 bits per heavy atom. The molecule has 2 N–H and O–H groups in total. The number of aromatic nitrogens is 1. The first-order valence-corrected chi connectivity index (χ1v) is 10.3. The molecule has 142 valence electrons. The number of halogens is 1. The smallest absolute Gasteiger partial charge is 0.257 e. The van der Waals surface area contributed by atoms with Crippen LogP contribution in [0.3, 0.4) is 0 Å². The van der Waals surface area contributed by atoms with Gasteiger partial charge in [-0.15, -0.1) is 11.3 Å². The third kappa shape index (κ3) is 4.03. The van der Waals surface area contributed by atoms with E-state index >= 15 is 0 Å². The van der Waals surface area contributed by atoms with E-state index in [9.17, 15) is 14.0 Å². The summed E-state index contributed by atoms with van der Waals surface area (Å²) < 4.78 is 13.0. The third-order valence-electron chi connectivity index (χ3n) is 5.31. The maximum atomic E-state index is 13.0. The van der Waals surface area contributed by atoms with Crippen LogP contribution in [0.15, 0.2) is 24.3 Å². The molecule has 2 aromatic rings. The Morgan fingerprint density at radius 2 is 1.81 bits per heavy atom. The fraction of sp³-hybridized carbons (Fsp3) is 0.450. The molecule has 27 heavy (non-hydrogen) atoms. The second-order valence-corrected chi connectivity index (χ2v) is 8.31. The van der Waals surface area contributed by atoms with E-state index < -0.39 is 0 Å². The quantitative estimate of drug-likeness (QED) is 0.833. The van der Waals surface area contributed by atoms with E-state index in [-0.39, 0.29) is 29.6 Å². The van der Waals surface area contributed by atoms with Crippen molar-refractivity contribution in [3.63, 3.8) is 0 Å². The SMILES string of the molecule is O=C(Nc1nc2c(s1)CCC2C(=O)NC1CCCCC1)c1ccc(F)cc1. The summed E-state index contributed by atoms with van der Waals surface area (Å²) in [6, 6.07) is 5.66. The van der Waals surface area contributed by atoms with Crippen LogP contribution in [0.4, 0.5) is 9.52 Å². The number of thiazole rings is 1. The Kier molecular flexibility index (Phi) is 5.20. The molecular weight excluding hydrogens is 365 g/mol. The van der Waals surface area contributed by atoms with Gasteiger partial charge in [0.1, 0.15) is 5.82 Å². The molecule has 1 heterocycles. The Hall–Kier alpha value is -2.28. The van der Waals surface area contributed by atoms with Gasteiger partial charge >= 0.3 is 0 Å². The predicted octanol–water partition coefficient (Wildman–Crippen LogP) is 4.01. The number of rotatable bonds is 4. The third-order valence-corrected chi connectivity index (χ3v) is 6.36. The molecule has 1 atom stereocenters. The summed E-state index contributed by atoms with van der Waals surface area (Å²) in [6.45, 7) is 0. The van der Waals surface area contributed by atoms with Gasteiger partial charge in [0.05, 0.1) is 11.6 Å². The second kappa shape index (κ2) is 7.76. The summed E-state index contributed by atoms with van der Waals surface area (Å²) in [4.78, 5) is 30.6. The van der Waals surface area contributed by atoms with Gasteiger partial charge in [0.15, 0.2) is 5.13 Å². The molecule has 2 aliphatic carbocycles. The normalized spacial score (nSPS) is 19.5. The van der Waals surface area contributed by atoms with Crippen molar-refractivity contribution in [2.45, 2.75) is 56.9 Å². The van der Waals surface area contributed by atoms with Crippen LogP contribution in [0.25, 0.3) is 0 Å². The molecule has 0 saturated heterocycles. The van der Waals surface area contributed by atoms with E-state index in [1.165, 1.54) is 54.9 Å². The van der Waals surface area contributed by atoms with Crippen molar-refractivity contribution in [1.29, 1.82) is 0 Å². The number of nitrogens with zero attached hydrogens (tertiary/aromatic N) is 1. The molecule has 2 aliphatic rings. The van der Waals surface area contributed by atoms with Crippen LogP contribution in [0.5, 0.6) is 0 Å². The zero-order chi connectivity index (χ0) is 18.8. The van der Waals surface area contributed by atoms with Gasteiger partial charge in [-0.2, -0.15) is 0 Å². The standard InChI is InChI=1S/C20H22FN3O2S/c21-13-8-6-12(7-9-13)18(25)24-20-23-17-15(10-11-16(17)27-20)19(26)22-14-4-2-1-3-5-14/h6-9,14-15H,1-5,10-11H2,(H,22,26)(H,23,24,25). The second-order valence-electron chi connectivity index (χ2n) is 7.22. The van der Waals surface area contributed by atoms with E-state index in [2.05, 4.69) is 15.6 Å². The van der Waals surface area contributed by atoms with Gasteiger partial charge in [0, 0.05) is 16.5 Å². The number of amides is 2. The Bertz CT molecular complexity index is 843. The summed E-state index contributed by atoms with van der Waals surface area (Å²) in [6.07, 6.45) is 7.31.